The number of hydrogen-bond donors (Lipinski definition) is 0. The van der Waals surface area contributed by atoms with Crippen LogP contribution < -0.4 is 0 Å². The molecule has 0 atom stereocenters. The number of rotatable bonds is 2. The Hall–Kier alpha value is -1.11. The summed E-state index contributed by atoms with van der Waals surface area (Å²) < 4.78 is 28.4. The minimum absolute atomic E-state index is 0.00391. The van der Waals surface area contributed by atoms with E-state index in [2.05, 4.69) is 0 Å². The average Bonchev–Trinajstić information content (AvgIpc) is 2.40. The Labute approximate surface area is 122 Å². The van der Waals surface area contributed by atoms with E-state index >= 15 is 0 Å². The van der Waals surface area contributed by atoms with Crippen molar-refractivity contribution in [1.82, 2.24) is 4.90 Å². The van der Waals surface area contributed by atoms with Crippen LogP contribution in [0.5, 0.6) is 0 Å². The fourth-order valence-electron chi connectivity index (χ4n) is 2.15. The molecule has 0 spiro atoms. The number of ether oxygens (including phenoxy) is 1. The maximum Gasteiger partial charge on any atom is 0.261 e. The third-order valence-electron chi connectivity index (χ3n) is 3.43. The molecule has 0 aromatic heterocycles. The largest absolute Gasteiger partial charge is 0.378 e. The standard InChI is InChI=1S/C13H16ClNO4S/c1-9-7-11(8-12(10(9)2)20(14,17)18)13(16)15-3-5-19-6-4-15/h7-8H,3-6H2,1-2H3. The van der Waals surface area contributed by atoms with Gasteiger partial charge in [-0.05, 0) is 37.1 Å². The molecule has 2 rings (SSSR count). The highest BCUT2D eigenvalue weighted by atomic mass is 35.7. The molecular formula is C13H16ClNO4S. The number of nitrogens with zero attached hydrogens (tertiary/aromatic N) is 1. The van der Waals surface area contributed by atoms with Gasteiger partial charge in [0.05, 0.1) is 18.1 Å². The van der Waals surface area contributed by atoms with Crippen LogP contribution in [0.2, 0.25) is 0 Å². The van der Waals surface area contributed by atoms with Crippen molar-refractivity contribution < 1.29 is 17.9 Å². The van der Waals surface area contributed by atoms with Crippen LogP contribution in [0.1, 0.15) is 21.5 Å². The van der Waals surface area contributed by atoms with Gasteiger partial charge in [0.1, 0.15) is 0 Å². The maximum atomic E-state index is 12.4. The minimum atomic E-state index is -3.87. The van der Waals surface area contributed by atoms with Crippen LogP contribution in [-0.2, 0) is 13.8 Å². The molecular weight excluding hydrogens is 302 g/mol. The summed E-state index contributed by atoms with van der Waals surface area (Å²) in [6, 6.07) is 3.04. The number of aryl methyl sites for hydroxylation is 1. The molecule has 1 saturated heterocycles. The molecule has 1 aliphatic heterocycles. The Morgan fingerprint density at radius 1 is 1.25 bits per heavy atom. The SMILES string of the molecule is Cc1cc(C(=O)N2CCOCC2)cc(S(=O)(=O)Cl)c1C. The Morgan fingerprint density at radius 2 is 1.85 bits per heavy atom. The fourth-order valence-corrected chi connectivity index (χ4v) is 3.43. The molecule has 20 heavy (non-hydrogen) atoms. The summed E-state index contributed by atoms with van der Waals surface area (Å²) in [4.78, 5) is 14.0. The van der Waals surface area contributed by atoms with Crippen molar-refractivity contribution >= 4 is 25.6 Å². The number of hydrogen-bond acceptors (Lipinski definition) is 4. The van der Waals surface area contributed by atoms with Crippen molar-refractivity contribution in [2.24, 2.45) is 0 Å². The molecule has 0 aliphatic carbocycles. The van der Waals surface area contributed by atoms with Crippen LogP contribution >= 0.6 is 10.7 Å². The van der Waals surface area contributed by atoms with Crippen molar-refractivity contribution in [3.8, 4) is 0 Å². The van der Waals surface area contributed by atoms with E-state index in [1.807, 2.05) is 0 Å². The van der Waals surface area contributed by atoms with E-state index in [0.717, 1.165) is 5.56 Å². The third kappa shape index (κ3) is 3.13. The van der Waals surface area contributed by atoms with Gasteiger partial charge >= 0.3 is 0 Å². The zero-order valence-electron chi connectivity index (χ0n) is 11.3. The second-order valence-corrected chi connectivity index (χ2v) is 7.29. The quantitative estimate of drug-likeness (QED) is 0.779. The predicted octanol–water partition coefficient (Wildman–Crippen LogP) is 1.70. The summed E-state index contributed by atoms with van der Waals surface area (Å²) in [5.41, 5.74) is 1.64. The molecule has 0 bridgehead atoms. The Bertz CT molecular complexity index is 636. The summed E-state index contributed by atoms with van der Waals surface area (Å²) in [7, 11) is 1.56. The predicted molar refractivity (Wildman–Crippen MR) is 75.7 cm³/mol. The topological polar surface area (TPSA) is 63.7 Å². The van der Waals surface area contributed by atoms with Gasteiger partial charge in [-0.15, -0.1) is 0 Å². The smallest absolute Gasteiger partial charge is 0.261 e. The number of benzene rings is 1. The van der Waals surface area contributed by atoms with E-state index in [9.17, 15) is 13.2 Å². The molecule has 0 N–H and O–H groups in total. The number of carbonyl (C=O) groups excluding carboxylic acids is 1. The van der Waals surface area contributed by atoms with Gasteiger partial charge in [0.2, 0.25) is 0 Å². The van der Waals surface area contributed by atoms with Crippen molar-refractivity contribution in [2.75, 3.05) is 26.3 Å². The lowest BCUT2D eigenvalue weighted by Gasteiger charge is -2.27. The first-order chi connectivity index (χ1) is 9.30. The molecule has 0 radical (unpaired) electrons. The van der Waals surface area contributed by atoms with Gasteiger partial charge < -0.3 is 9.64 Å². The van der Waals surface area contributed by atoms with Crippen LogP contribution in [0.3, 0.4) is 0 Å². The van der Waals surface area contributed by atoms with Gasteiger partial charge in [0, 0.05) is 29.3 Å². The highest BCUT2D eigenvalue weighted by Crippen LogP contribution is 2.25. The molecule has 1 fully saturated rings. The van der Waals surface area contributed by atoms with Gasteiger partial charge in [-0.3, -0.25) is 4.79 Å². The van der Waals surface area contributed by atoms with Crippen LogP contribution in [0, 0.1) is 13.8 Å². The summed E-state index contributed by atoms with van der Waals surface area (Å²) in [6.07, 6.45) is 0. The second kappa shape index (κ2) is 5.71. The molecule has 1 aromatic rings. The first-order valence-corrected chi connectivity index (χ1v) is 8.54. The second-order valence-electron chi connectivity index (χ2n) is 4.76. The van der Waals surface area contributed by atoms with E-state index in [-0.39, 0.29) is 10.8 Å². The van der Waals surface area contributed by atoms with E-state index in [1.54, 1.807) is 24.8 Å². The molecule has 1 aromatic carbocycles. The molecule has 1 amide bonds. The van der Waals surface area contributed by atoms with Crippen LogP contribution in [0.25, 0.3) is 0 Å². The van der Waals surface area contributed by atoms with E-state index in [4.69, 9.17) is 15.4 Å². The van der Waals surface area contributed by atoms with Crippen molar-refractivity contribution in [3.63, 3.8) is 0 Å². The van der Waals surface area contributed by atoms with Crippen molar-refractivity contribution in [1.29, 1.82) is 0 Å². The molecule has 0 unspecified atom stereocenters. The monoisotopic (exact) mass is 317 g/mol. The normalized spacial score (nSPS) is 16.2. The lowest BCUT2D eigenvalue weighted by Crippen LogP contribution is -2.40. The van der Waals surface area contributed by atoms with Gasteiger partial charge in [-0.2, -0.15) is 0 Å². The lowest BCUT2D eigenvalue weighted by atomic mass is 10.1. The first kappa shape index (κ1) is 15.3. The summed E-state index contributed by atoms with van der Waals surface area (Å²) in [5.74, 6) is -0.196. The maximum absolute atomic E-state index is 12.4. The van der Waals surface area contributed by atoms with Crippen molar-refractivity contribution in [2.45, 2.75) is 18.7 Å². The van der Waals surface area contributed by atoms with Crippen molar-refractivity contribution in [3.05, 3.63) is 28.8 Å². The van der Waals surface area contributed by atoms with Crippen LogP contribution in [-0.4, -0.2) is 45.5 Å². The molecule has 0 saturated carbocycles. The van der Waals surface area contributed by atoms with E-state index in [0.29, 0.717) is 37.4 Å². The van der Waals surface area contributed by atoms with Crippen LogP contribution in [0.15, 0.2) is 17.0 Å². The van der Waals surface area contributed by atoms with Gasteiger partial charge in [0.25, 0.3) is 15.0 Å². The molecule has 1 heterocycles. The molecule has 110 valence electrons. The first-order valence-electron chi connectivity index (χ1n) is 6.23. The van der Waals surface area contributed by atoms with E-state index in [1.165, 1.54) is 6.07 Å². The number of amides is 1. The Balaban J connectivity index is 2.42. The highest BCUT2D eigenvalue weighted by Gasteiger charge is 2.22. The Morgan fingerprint density at radius 3 is 2.40 bits per heavy atom. The number of morpholine rings is 1. The zero-order valence-corrected chi connectivity index (χ0v) is 12.9. The molecule has 1 aliphatic rings. The minimum Gasteiger partial charge on any atom is -0.378 e. The summed E-state index contributed by atoms with van der Waals surface area (Å²) >= 11 is 0. The van der Waals surface area contributed by atoms with E-state index < -0.39 is 9.05 Å². The third-order valence-corrected chi connectivity index (χ3v) is 4.88. The average molecular weight is 318 g/mol. The fraction of sp³-hybridized carbons (Fsp3) is 0.462. The van der Waals surface area contributed by atoms with Gasteiger partial charge in [-0.25, -0.2) is 8.42 Å². The number of halogens is 1. The summed E-state index contributed by atoms with van der Waals surface area (Å²) in [6.45, 7) is 5.45. The molecule has 7 heteroatoms. The Kier molecular flexibility index (Phi) is 4.36. The number of carbonyl (C=O) groups is 1. The summed E-state index contributed by atoms with van der Waals surface area (Å²) in [5, 5.41) is 0. The van der Waals surface area contributed by atoms with Gasteiger partial charge in [-0.1, -0.05) is 0 Å². The van der Waals surface area contributed by atoms with Gasteiger partial charge in [0.15, 0.2) is 0 Å². The molecule has 5 nitrogen and oxygen atoms in total. The lowest BCUT2D eigenvalue weighted by molar-refractivity contribution is 0.0302. The van der Waals surface area contributed by atoms with Crippen LogP contribution in [0.4, 0.5) is 0 Å². The zero-order chi connectivity index (χ0) is 14.9. The highest BCUT2D eigenvalue weighted by molar-refractivity contribution is 8.13.